The molecule has 158 valence electrons. The van der Waals surface area contributed by atoms with Gasteiger partial charge in [0.2, 0.25) is 0 Å². The molecule has 0 aliphatic carbocycles. The molecule has 0 saturated heterocycles. The largest absolute Gasteiger partial charge is 0.456 e. The highest BCUT2D eigenvalue weighted by molar-refractivity contribution is 5.82. The molecular weight excluding hydrogens is 366 g/mol. The number of nitrogens with zero attached hydrogens (tertiary/aromatic N) is 1. The predicted octanol–water partition coefficient (Wildman–Crippen LogP) is 3.73. The van der Waals surface area contributed by atoms with Crippen molar-refractivity contribution in [1.82, 2.24) is 4.90 Å². The fourth-order valence-corrected chi connectivity index (χ4v) is 3.43. The summed E-state index contributed by atoms with van der Waals surface area (Å²) >= 11 is 0. The van der Waals surface area contributed by atoms with Gasteiger partial charge in [-0.15, -0.1) is 0 Å². The zero-order chi connectivity index (χ0) is 21.1. The minimum Gasteiger partial charge on any atom is -0.456 e. The number of esters is 1. The number of ether oxygens (including phenoxy) is 3. The maximum Gasteiger partial charge on any atom is 0.318 e. The van der Waals surface area contributed by atoms with Gasteiger partial charge >= 0.3 is 5.97 Å². The van der Waals surface area contributed by atoms with Crippen molar-refractivity contribution in [2.45, 2.75) is 32.0 Å². The molecule has 2 aromatic rings. The van der Waals surface area contributed by atoms with Crippen molar-refractivity contribution < 1.29 is 19.0 Å². The molecule has 0 amide bonds. The lowest BCUT2D eigenvalue weighted by Crippen LogP contribution is -2.45. The van der Waals surface area contributed by atoms with Crippen LogP contribution in [0.5, 0.6) is 0 Å². The summed E-state index contributed by atoms with van der Waals surface area (Å²) in [5, 5.41) is 0. The van der Waals surface area contributed by atoms with Crippen molar-refractivity contribution in [2.75, 3.05) is 40.5 Å². The van der Waals surface area contributed by atoms with Crippen molar-refractivity contribution in [2.24, 2.45) is 0 Å². The van der Waals surface area contributed by atoms with Crippen molar-refractivity contribution in [1.29, 1.82) is 0 Å². The molecule has 0 N–H and O–H groups in total. The second-order valence-electron chi connectivity index (χ2n) is 6.95. The summed E-state index contributed by atoms with van der Waals surface area (Å²) in [6, 6.07) is 19.4. The number of benzene rings is 2. The molecule has 29 heavy (non-hydrogen) atoms. The predicted molar refractivity (Wildman–Crippen MR) is 115 cm³/mol. The Morgan fingerprint density at radius 3 is 1.79 bits per heavy atom. The Bertz CT molecular complexity index is 664. The number of hydrogen-bond acceptors (Lipinski definition) is 5. The summed E-state index contributed by atoms with van der Waals surface area (Å²) in [5.41, 5.74) is 1.80. The quantitative estimate of drug-likeness (QED) is 0.509. The van der Waals surface area contributed by atoms with Crippen LogP contribution in [0.4, 0.5) is 0 Å². The SMILES string of the molecule is CCN(CC)C[C@H](OC)[C@H](COC)OC(=O)C(c1ccccc1)c1ccccc1. The monoisotopic (exact) mass is 399 g/mol. The van der Waals surface area contributed by atoms with Crippen molar-refractivity contribution in [3.05, 3.63) is 71.8 Å². The van der Waals surface area contributed by atoms with Crippen LogP contribution in [-0.4, -0.2) is 63.5 Å². The van der Waals surface area contributed by atoms with Gasteiger partial charge in [0.1, 0.15) is 12.0 Å². The Morgan fingerprint density at radius 1 is 0.862 bits per heavy atom. The van der Waals surface area contributed by atoms with Gasteiger partial charge in [-0.3, -0.25) is 4.79 Å². The third-order valence-corrected chi connectivity index (χ3v) is 5.15. The van der Waals surface area contributed by atoms with Crippen LogP contribution in [0.2, 0.25) is 0 Å². The molecule has 5 heteroatoms. The van der Waals surface area contributed by atoms with Crippen molar-refractivity contribution in [3.8, 4) is 0 Å². The molecule has 0 heterocycles. The van der Waals surface area contributed by atoms with E-state index in [1.54, 1.807) is 14.2 Å². The third kappa shape index (κ3) is 6.67. The number of carbonyl (C=O) groups excluding carboxylic acids is 1. The van der Waals surface area contributed by atoms with Gasteiger partial charge in [-0.25, -0.2) is 0 Å². The Balaban J connectivity index is 2.26. The van der Waals surface area contributed by atoms with Gasteiger partial charge in [-0.2, -0.15) is 0 Å². The van der Waals surface area contributed by atoms with Gasteiger partial charge in [0, 0.05) is 20.8 Å². The number of likely N-dealkylation sites (N-methyl/N-ethyl adjacent to an activating group) is 1. The van der Waals surface area contributed by atoms with Crippen molar-refractivity contribution in [3.63, 3.8) is 0 Å². The lowest BCUT2D eigenvalue weighted by atomic mass is 9.91. The lowest BCUT2D eigenvalue weighted by molar-refractivity contribution is -0.162. The molecule has 0 aromatic heterocycles. The molecule has 0 fully saturated rings. The molecule has 0 unspecified atom stereocenters. The highest BCUT2D eigenvalue weighted by Crippen LogP contribution is 2.27. The minimum absolute atomic E-state index is 0.272. The average Bonchev–Trinajstić information content (AvgIpc) is 2.76. The van der Waals surface area contributed by atoms with E-state index < -0.39 is 12.0 Å². The van der Waals surface area contributed by atoms with Gasteiger partial charge in [0.05, 0.1) is 6.61 Å². The fourth-order valence-electron chi connectivity index (χ4n) is 3.43. The van der Waals surface area contributed by atoms with Gasteiger partial charge < -0.3 is 19.1 Å². The molecule has 0 saturated carbocycles. The van der Waals surface area contributed by atoms with E-state index in [-0.39, 0.29) is 18.7 Å². The summed E-state index contributed by atoms with van der Waals surface area (Å²) in [6.45, 7) is 6.97. The molecule has 0 bridgehead atoms. The van der Waals surface area contributed by atoms with E-state index in [1.165, 1.54) is 0 Å². The smallest absolute Gasteiger partial charge is 0.318 e. The second-order valence-corrected chi connectivity index (χ2v) is 6.95. The van der Waals surface area contributed by atoms with E-state index in [4.69, 9.17) is 14.2 Å². The van der Waals surface area contributed by atoms with E-state index in [2.05, 4.69) is 18.7 Å². The molecule has 2 aromatic carbocycles. The standard InChI is InChI=1S/C24H33NO4/c1-5-25(6-2)17-21(28-4)22(18-27-3)29-24(26)23(19-13-9-7-10-14-19)20-15-11-8-12-16-20/h7-16,21-23H,5-6,17-18H2,1-4H3/t21-,22-/m0/s1. The summed E-state index contributed by atoms with van der Waals surface area (Å²) in [5.74, 6) is -0.797. The molecule has 5 nitrogen and oxygen atoms in total. The Labute approximate surface area is 174 Å². The van der Waals surface area contributed by atoms with Crippen LogP contribution >= 0.6 is 0 Å². The number of hydrogen-bond donors (Lipinski definition) is 0. The zero-order valence-electron chi connectivity index (χ0n) is 17.9. The summed E-state index contributed by atoms with van der Waals surface area (Å²) in [7, 11) is 3.26. The van der Waals surface area contributed by atoms with Crippen LogP contribution in [0, 0.1) is 0 Å². The van der Waals surface area contributed by atoms with E-state index in [1.807, 2.05) is 60.7 Å². The van der Waals surface area contributed by atoms with Gasteiger partial charge in [0.15, 0.2) is 6.10 Å². The normalized spacial score (nSPS) is 13.4. The zero-order valence-corrected chi connectivity index (χ0v) is 17.9. The van der Waals surface area contributed by atoms with Gasteiger partial charge in [-0.05, 0) is 24.2 Å². The fraction of sp³-hybridized carbons (Fsp3) is 0.458. The van der Waals surface area contributed by atoms with Crippen LogP contribution < -0.4 is 0 Å². The molecule has 0 radical (unpaired) electrons. The maximum atomic E-state index is 13.3. The Kier molecular flexibility index (Phi) is 9.84. The first-order valence-electron chi connectivity index (χ1n) is 10.2. The van der Waals surface area contributed by atoms with Gasteiger partial charge in [-0.1, -0.05) is 74.5 Å². The first-order valence-corrected chi connectivity index (χ1v) is 10.2. The minimum atomic E-state index is -0.497. The van der Waals surface area contributed by atoms with E-state index in [0.29, 0.717) is 6.54 Å². The Morgan fingerprint density at radius 2 is 1.38 bits per heavy atom. The van der Waals surface area contributed by atoms with E-state index in [9.17, 15) is 4.79 Å². The highest BCUT2D eigenvalue weighted by atomic mass is 16.6. The van der Waals surface area contributed by atoms with E-state index in [0.717, 1.165) is 24.2 Å². The molecule has 0 spiro atoms. The highest BCUT2D eigenvalue weighted by Gasteiger charge is 2.31. The second kappa shape index (κ2) is 12.4. The molecular formula is C24H33NO4. The molecule has 2 atom stereocenters. The topological polar surface area (TPSA) is 48.0 Å². The number of carbonyl (C=O) groups is 1. The first kappa shape index (κ1) is 23.1. The molecule has 0 aliphatic heterocycles. The molecule has 2 rings (SSSR count). The summed E-state index contributed by atoms with van der Waals surface area (Å²) in [6.07, 6.45) is -0.765. The van der Waals surface area contributed by atoms with Gasteiger partial charge in [0.25, 0.3) is 0 Å². The third-order valence-electron chi connectivity index (χ3n) is 5.15. The first-order chi connectivity index (χ1) is 14.1. The number of rotatable bonds is 12. The van der Waals surface area contributed by atoms with E-state index >= 15 is 0 Å². The van der Waals surface area contributed by atoms with Crippen molar-refractivity contribution >= 4 is 5.97 Å². The number of methoxy groups -OCH3 is 2. The van der Waals surface area contributed by atoms with Crippen LogP contribution in [0.15, 0.2) is 60.7 Å². The average molecular weight is 400 g/mol. The van der Waals surface area contributed by atoms with Crippen LogP contribution in [0.25, 0.3) is 0 Å². The van der Waals surface area contributed by atoms with Crippen LogP contribution in [0.1, 0.15) is 30.9 Å². The Hall–Kier alpha value is -2.21. The van der Waals surface area contributed by atoms with Crippen LogP contribution in [-0.2, 0) is 19.0 Å². The summed E-state index contributed by atoms with van der Waals surface area (Å²) in [4.78, 5) is 15.6. The lowest BCUT2D eigenvalue weighted by Gasteiger charge is -2.31. The molecule has 0 aliphatic rings. The van der Waals surface area contributed by atoms with Crippen LogP contribution in [0.3, 0.4) is 0 Å². The maximum absolute atomic E-state index is 13.3. The summed E-state index contributed by atoms with van der Waals surface area (Å²) < 4.78 is 17.0.